The van der Waals surface area contributed by atoms with Crippen molar-refractivity contribution in [3.8, 4) is 5.75 Å². The van der Waals surface area contributed by atoms with Gasteiger partial charge in [0.2, 0.25) is 20.9 Å². The van der Waals surface area contributed by atoms with Gasteiger partial charge in [-0.05, 0) is 105 Å². The molecule has 0 radical (unpaired) electrons. The first kappa shape index (κ1) is 61.1. The first-order valence-electron chi connectivity index (χ1n) is 29.5. The van der Waals surface area contributed by atoms with Gasteiger partial charge < -0.3 is 43.3 Å². The number of benzene rings is 4. The number of aryl methyl sites for hydroxylation is 3. The quantitative estimate of drug-likeness (QED) is 0.0760. The number of likely N-dealkylation sites (N-methyl/N-ethyl adjacent to an activating group) is 4. The SMILES string of the molecule is COc1ccc(C2S[C@]3(COC(=O)[C@@]45CC[C@@](C)(C(=O)O4)C5(C)C)C(=O)N(C)[C@](Cc4ccc(CCc5ccc(C[C@]67SC(c8ccc(C)cc8)S[C@](COC(=O)[C@@]89CC[C@@](C)(C(=O)O8)C9(C)C)(C(=O)N6C)N(C)C7=O)cc5)cc4)(S2)C(=O)N3C)cc1. The van der Waals surface area contributed by atoms with Crippen LogP contribution in [0.5, 0.6) is 5.75 Å². The summed E-state index contributed by atoms with van der Waals surface area (Å²) in [6, 6.07) is 31.7. The average molecular weight is 1260 g/mol. The lowest BCUT2D eigenvalue weighted by Crippen LogP contribution is -2.73. The fourth-order valence-electron chi connectivity index (χ4n) is 14.6. The number of nitrogens with zero attached hydrogens (tertiary/aromatic N) is 4. The number of amides is 4. The predicted molar refractivity (Wildman–Crippen MR) is 332 cm³/mol. The van der Waals surface area contributed by atoms with E-state index in [9.17, 15) is 19.2 Å². The molecule has 10 fully saturated rings. The molecule has 8 heterocycles. The second kappa shape index (κ2) is 20.7. The van der Waals surface area contributed by atoms with Crippen molar-refractivity contribution in [2.24, 2.45) is 21.7 Å². The summed E-state index contributed by atoms with van der Waals surface area (Å²) >= 11 is 5.35. The third kappa shape index (κ3) is 8.48. The highest BCUT2D eigenvalue weighted by atomic mass is 32.2. The number of ether oxygens (including phenoxy) is 5. The molecule has 87 heavy (non-hydrogen) atoms. The summed E-state index contributed by atoms with van der Waals surface area (Å²) in [4.78, 5) is 115. The van der Waals surface area contributed by atoms with Crippen molar-refractivity contribution in [2.75, 3.05) is 48.5 Å². The van der Waals surface area contributed by atoms with Gasteiger partial charge in [0.1, 0.15) is 19.0 Å². The maximum Gasteiger partial charge on any atom is 0.351 e. The van der Waals surface area contributed by atoms with E-state index in [1.807, 2.05) is 146 Å². The van der Waals surface area contributed by atoms with Crippen molar-refractivity contribution in [3.05, 3.63) is 136 Å². The number of fused-ring (bicyclic) bond motifs is 12. The highest BCUT2D eigenvalue weighted by Gasteiger charge is 2.79. The number of hydrogen-bond acceptors (Lipinski definition) is 17. The van der Waals surface area contributed by atoms with Gasteiger partial charge in [-0.25, -0.2) is 9.59 Å². The Bertz CT molecular complexity index is 3570. The van der Waals surface area contributed by atoms with E-state index < -0.39 is 98.6 Å². The van der Waals surface area contributed by atoms with Crippen LogP contribution in [-0.4, -0.2) is 146 Å². The van der Waals surface area contributed by atoms with E-state index in [1.54, 1.807) is 35.3 Å². The Hall–Kier alpha value is -6.16. The average Bonchev–Trinajstić information content (AvgIpc) is 1.57. The van der Waals surface area contributed by atoms with E-state index in [4.69, 9.17) is 23.7 Å². The fourth-order valence-corrected chi connectivity index (χ4v) is 22.2. The zero-order valence-corrected chi connectivity index (χ0v) is 54.5. The Morgan fingerprint density at radius 2 is 0.793 bits per heavy atom. The van der Waals surface area contributed by atoms with Crippen LogP contribution in [0.2, 0.25) is 0 Å². The summed E-state index contributed by atoms with van der Waals surface area (Å²) < 4.78 is 28.6. The molecule has 4 aromatic carbocycles. The van der Waals surface area contributed by atoms with Crippen LogP contribution in [0.25, 0.3) is 0 Å². The molecule has 21 heteroatoms. The fraction of sp³-hybridized carbons (Fsp3) is 0.515. The summed E-state index contributed by atoms with van der Waals surface area (Å²) in [5.41, 5.74) is 0.137. The normalized spacial score (nSPS) is 34.3. The monoisotopic (exact) mass is 1260 g/mol. The first-order valence-corrected chi connectivity index (χ1v) is 33.0. The van der Waals surface area contributed by atoms with Gasteiger partial charge in [0.15, 0.2) is 9.74 Å². The lowest BCUT2D eigenvalue weighted by Gasteiger charge is -2.51. The van der Waals surface area contributed by atoms with Crippen molar-refractivity contribution < 1.29 is 62.0 Å². The van der Waals surface area contributed by atoms with Gasteiger partial charge in [-0.15, -0.1) is 47.0 Å². The molecule has 0 spiro atoms. The van der Waals surface area contributed by atoms with Crippen molar-refractivity contribution >= 4 is 94.6 Å². The third-order valence-corrected chi connectivity index (χ3v) is 28.9. The molecule has 4 amide bonds. The summed E-state index contributed by atoms with van der Waals surface area (Å²) in [6.45, 7) is 12.1. The van der Waals surface area contributed by atoms with Gasteiger partial charge in [-0.2, -0.15) is 0 Å². The third-order valence-electron chi connectivity index (χ3n) is 21.9. The van der Waals surface area contributed by atoms with Crippen LogP contribution in [-0.2, 0) is 83.0 Å². The van der Waals surface area contributed by atoms with Crippen LogP contribution in [0.1, 0.15) is 115 Å². The van der Waals surface area contributed by atoms with Gasteiger partial charge in [-0.3, -0.25) is 28.8 Å². The Balaban J connectivity index is 0.746. The number of hydrogen-bond donors (Lipinski definition) is 0. The van der Waals surface area contributed by atoms with Crippen LogP contribution in [0.4, 0.5) is 0 Å². The van der Waals surface area contributed by atoms with E-state index in [1.165, 1.54) is 66.6 Å². The number of methoxy groups -OCH3 is 1. The van der Waals surface area contributed by atoms with Crippen LogP contribution < -0.4 is 4.74 Å². The Kier molecular flexibility index (Phi) is 14.5. The van der Waals surface area contributed by atoms with E-state index in [0.29, 0.717) is 44.3 Å². The first-order chi connectivity index (χ1) is 41.0. The molecule has 8 bridgehead atoms. The van der Waals surface area contributed by atoms with Crippen molar-refractivity contribution in [1.82, 2.24) is 19.6 Å². The maximum absolute atomic E-state index is 15.2. The molecule has 8 aliphatic heterocycles. The van der Waals surface area contributed by atoms with Crippen LogP contribution >= 0.6 is 47.0 Å². The number of piperazine rings is 2. The molecule has 0 aromatic heterocycles. The van der Waals surface area contributed by atoms with Gasteiger partial charge in [0, 0.05) is 51.9 Å². The molecule has 0 N–H and O–H groups in total. The molecule has 10 atom stereocenters. The van der Waals surface area contributed by atoms with Gasteiger partial charge in [0.05, 0.1) is 27.1 Å². The van der Waals surface area contributed by atoms with Gasteiger partial charge >= 0.3 is 23.9 Å². The molecule has 8 saturated heterocycles. The van der Waals surface area contributed by atoms with E-state index >= 15 is 19.2 Å². The smallest absolute Gasteiger partial charge is 0.351 e. The minimum absolute atomic E-state index is 0.189. The van der Waals surface area contributed by atoms with Crippen molar-refractivity contribution in [3.63, 3.8) is 0 Å². The minimum Gasteiger partial charge on any atom is -0.497 e. The summed E-state index contributed by atoms with van der Waals surface area (Å²) in [5.74, 6) is -3.04. The molecular formula is C66H74N4O13S4. The number of carbonyl (C=O) groups is 8. The second-order valence-electron chi connectivity index (χ2n) is 26.4. The maximum atomic E-state index is 15.2. The molecule has 17 nitrogen and oxygen atoms in total. The number of thioether (sulfide) groups is 4. The standard InChI is InChI=1S/C66H74N4O13S4/c1-39-13-25-44(26-14-39)47-84-63(49(71)69(10)65(86-47,51(73)67(63)8)37-80-55(77)61-33-31-59(6,53(75)82-61)57(61,2)3)35-42-21-17-40(18-22-42)15-16-41-19-23-43(24-20-41)36-64-50(72)70(11)66(52(74)68(64)9,87-48(85-64)45-27-29-46(79-12)30-28-45)38-81-56(78)62-34-32-60(7,54(76)83-62)58(62,4)5/h13-14,17-30,47-48H,15-16,31-38H2,1-12H3/t47?,48?,59-,60-,61+,62+,63+,64+,65+,66+/m0/s1. The zero-order valence-electron chi connectivity index (χ0n) is 51.2. The molecular weight excluding hydrogens is 1190 g/mol. The predicted octanol–water partition coefficient (Wildman–Crippen LogP) is 9.21. The molecule has 10 aliphatic rings. The van der Waals surface area contributed by atoms with E-state index in [2.05, 4.69) is 0 Å². The largest absolute Gasteiger partial charge is 0.497 e. The summed E-state index contributed by atoms with van der Waals surface area (Å²) in [6.07, 6.45) is 3.30. The Labute approximate surface area is 524 Å². The molecule has 2 saturated carbocycles. The lowest BCUT2D eigenvalue weighted by atomic mass is 9.66. The molecule has 4 aromatic rings. The molecule has 2 unspecified atom stereocenters. The molecule has 14 rings (SSSR count). The highest BCUT2D eigenvalue weighted by Crippen LogP contribution is 2.69. The zero-order chi connectivity index (χ0) is 62.5. The second-order valence-corrected chi connectivity index (χ2v) is 32.5. The summed E-state index contributed by atoms with van der Waals surface area (Å²) in [7, 11) is 8.09. The minimum atomic E-state index is -1.65. The van der Waals surface area contributed by atoms with Gasteiger partial charge in [-0.1, -0.05) is 118 Å². The van der Waals surface area contributed by atoms with Crippen molar-refractivity contribution in [1.29, 1.82) is 0 Å². The van der Waals surface area contributed by atoms with Gasteiger partial charge in [0.25, 0.3) is 23.6 Å². The van der Waals surface area contributed by atoms with E-state index in [0.717, 1.165) is 38.9 Å². The topological polar surface area (TPSA) is 196 Å². The lowest BCUT2D eigenvalue weighted by molar-refractivity contribution is -0.187. The molecule has 2 aliphatic carbocycles. The Morgan fingerprint density at radius 3 is 1.13 bits per heavy atom. The Morgan fingerprint density at radius 1 is 0.471 bits per heavy atom. The van der Waals surface area contributed by atoms with Crippen LogP contribution in [0, 0.1) is 28.6 Å². The summed E-state index contributed by atoms with van der Waals surface area (Å²) in [5, 5.41) is 0. The highest BCUT2D eigenvalue weighted by molar-refractivity contribution is 8.19. The van der Waals surface area contributed by atoms with Crippen LogP contribution in [0.15, 0.2) is 97.1 Å². The number of esters is 4. The van der Waals surface area contributed by atoms with Crippen molar-refractivity contribution in [2.45, 2.75) is 140 Å². The van der Waals surface area contributed by atoms with E-state index in [-0.39, 0.29) is 36.5 Å². The van der Waals surface area contributed by atoms with Crippen LogP contribution in [0.3, 0.4) is 0 Å². The number of rotatable bonds is 16. The number of carbonyl (C=O) groups excluding carboxylic acids is 8. The molecule has 460 valence electrons.